The number of aromatic nitrogens is 5. The molecule has 188 valence electrons. The van der Waals surface area contributed by atoms with E-state index in [0.29, 0.717) is 0 Å². The zero-order valence-corrected chi connectivity index (χ0v) is 21.8. The summed E-state index contributed by atoms with van der Waals surface area (Å²) in [6.07, 6.45) is 5.65. The summed E-state index contributed by atoms with van der Waals surface area (Å²) >= 11 is 0. The van der Waals surface area contributed by atoms with E-state index in [1.54, 1.807) is 0 Å². The van der Waals surface area contributed by atoms with Crippen LogP contribution in [-0.4, -0.2) is 24.1 Å². The molecule has 5 heteroatoms. The predicted octanol–water partition coefficient (Wildman–Crippen LogP) is 8.16. The van der Waals surface area contributed by atoms with Crippen molar-refractivity contribution in [3.63, 3.8) is 0 Å². The van der Waals surface area contributed by atoms with Gasteiger partial charge >= 0.3 is 0 Å². The summed E-state index contributed by atoms with van der Waals surface area (Å²) in [6.45, 7) is 4.22. The number of para-hydroxylation sites is 2. The maximum Gasteiger partial charge on any atom is 0.142 e. The fourth-order valence-electron chi connectivity index (χ4n) is 5.27. The van der Waals surface area contributed by atoms with Crippen LogP contribution in [0.4, 0.5) is 0 Å². The van der Waals surface area contributed by atoms with Gasteiger partial charge in [-0.05, 0) is 32.0 Å². The normalized spacial score (nSPS) is 11.3. The van der Waals surface area contributed by atoms with Crippen LogP contribution in [0.2, 0.25) is 0 Å². The molecule has 39 heavy (non-hydrogen) atoms. The number of H-pyrrole nitrogens is 1. The standard InChI is InChI=1S/C34H27N5/c1-23-12-16-25(17-13-23)31-32(26-18-14-24(2)15-19-26)37-33(36-31)30-28-10-6-7-11-29(28)39(27-8-4-3-5-9-27)34(30)38-21-20-35-22-38/h3-22H,1-2H3,(H,36,37). The number of nitrogens with zero attached hydrogens (tertiary/aromatic N) is 4. The molecule has 0 radical (unpaired) electrons. The van der Waals surface area contributed by atoms with E-state index in [9.17, 15) is 0 Å². The molecular weight excluding hydrogens is 478 g/mol. The number of hydrogen-bond donors (Lipinski definition) is 1. The topological polar surface area (TPSA) is 51.4 Å². The molecule has 0 atom stereocenters. The second-order valence-corrected chi connectivity index (χ2v) is 9.90. The number of aryl methyl sites for hydroxylation is 2. The molecule has 5 nitrogen and oxygen atoms in total. The second-order valence-electron chi connectivity index (χ2n) is 9.90. The first kappa shape index (κ1) is 23.0. The molecule has 3 heterocycles. The van der Waals surface area contributed by atoms with Gasteiger partial charge < -0.3 is 4.98 Å². The minimum Gasteiger partial charge on any atom is -0.337 e. The van der Waals surface area contributed by atoms with Crippen molar-refractivity contribution in [2.24, 2.45) is 0 Å². The zero-order valence-electron chi connectivity index (χ0n) is 21.8. The molecule has 0 aliphatic rings. The monoisotopic (exact) mass is 505 g/mol. The summed E-state index contributed by atoms with van der Waals surface area (Å²) in [6, 6.07) is 36.1. The Balaban J connectivity index is 1.56. The summed E-state index contributed by atoms with van der Waals surface area (Å²) in [5.41, 5.74) is 9.77. The van der Waals surface area contributed by atoms with Gasteiger partial charge in [-0.25, -0.2) is 9.97 Å². The van der Waals surface area contributed by atoms with E-state index in [4.69, 9.17) is 4.98 Å². The summed E-state index contributed by atoms with van der Waals surface area (Å²) in [5.74, 6) is 1.80. The molecule has 7 aromatic rings. The Morgan fingerprint density at radius 1 is 0.692 bits per heavy atom. The lowest BCUT2D eigenvalue weighted by Gasteiger charge is -2.12. The molecule has 0 saturated heterocycles. The Kier molecular flexibility index (Phi) is 5.48. The zero-order chi connectivity index (χ0) is 26.3. The van der Waals surface area contributed by atoms with Gasteiger partial charge in [-0.1, -0.05) is 96.1 Å². The van der Waals surface area contributed by atoms with E-state index in [0.717, 1.165) is 56.3 Å². The van der Waals surface area contributed by atoms with E-state index in [1.807, 2.05) is 24.8 Å². The molecule has 4 aromatic carbocycles. The van der Waals surface area contributed by atoms with E-state index in [1.165, 1.54) is 11.1 Å². The highest BCUT2D eigenvalue weighted by molar-refractivity contribution is 6.01. The van der Waals surface area contributed by atoms with Crippen LogP contribution in [0.3, 0.4) is 0 Å². The van der Waals surface area contributed by atoms with Gasteiger partial charge in [0.15, 0.2) is 0 Å². The van der Waals surface area contributed by atoms with Gasteiger partial charge in [0.25, 0.3) is 0 Å². The van der Waals surface area contributed by atoms with Crippen LogP contribution < -0.4 is 0 Å². The van der Waals surface area contributed by atoms with Gasteiger partial charge in [-0.2, -0.15) is 0 Å². The molecule has 0 unspecified atom stereocenters. The van der Waals surface area contributed by atoms with Crippen molar-refractivity contribution in [2.75, 3.05) is 0 Å². The van der Waals surface area contributed by atoms with Crippen molar-refractivity contribution in [1.82, 2.24) is 24.1 Å². The van der Waals surface area contributed by atoms with Crippen LogP contribution in [0.25, 0.3) is 56.3 Å². The van der Waals surface area contributed by atoms with Crippen molar-refractivity contribution < 1.29 is 0 Å². The van der Waals surface area contributed by atoms with Crippen LogP contribution in [0, 0.1) is 13.8 Å². The molecule has 0 bridgehead atoms. The first-order valence-electron chi connectivity index (χ1n) is 13.1. The van der Waals surface area contributed by atoms with Crippen molar-refractivity contribution in [3.05, 3.63) is 133 Å². The summed E-state index contributed by atoms with van der Waals surface area (Å²) in [7, 11) is 0. The van der Waals surface area contributed by atoms with Gasteiger partial charge in [-0.3, -0.25) is 9.13 Å². The molecule has 0 spiro atoms. The molecule has 0 aliphatic heterocycles. The highest BCUT2D eigenvalue weighted by Gasteiger charge is 2.25. The third-order valence-corrected chi connectivity index (χ3v) is 7.22. The number of rotatable bonds is 5. The largest absolute Gasteiger partial charge is 0.337 e. The fourth-order valence-corrected chi connectivity index (χ4v) is 5.27. The lowest BCUT2D eigenvalue weighted by Crippen LogP contribution is -2.03. The first-order chi connectivity index (χ1) is 19.2. The quantitative estimate of drug-likeness (QED) is 0.257. The Morgan fingerprint density at radius 2 is 1.36 bits per heavy atom. The molecular formula is C34H27N5. The maximum atomic E-state index is 5.30. The molecule has 7 rings (SSSR count). The average molecular weight is 506 g/mol. The second kappa shape index (κ2) is 9.30. The number of imidazole rings is 2. The van der Waals surface area contributed by atoms with E-state index in [-0.39, 0.29) is 0 Å². The number of benzene rings is 4. The first-order valence-corrected chi connectivity index (χ1v) is 13.1. The molecule has 0 fully saturated rings. The van der Waals surface area contributed by atoms with Crippen molar-refractivity contribution in [3.8, 4) is 45.4 Å². The number of nitrogens with one attached hydrogen (secondary N) is 1. The third-order valence-electron chi connectivity index (χ3n) is 7.22. The third kappa shape index (κ3) is 3.96. The Morgan fingerprint density at radius 3 is 2.05 bits per heavy atom. The molecule has 0 amide bonds. The van der Waals surface area contributed by atoms with E-state index < -0.39 is 0 Å². The highest BCUT2D eigenvalue weighted by atomic mass is 15.2. The number of aromatic amines is 1. The van der Waals surface area contributed by atoms with Gasteiger partial charge in [-0.15, -0.1) is 0 Å². The average Bonchev–Trinajstić information content (AvgIpc) is 3.72. The van der Waals surface area contributed by atoms with Crippen LogP contribution in [0.5, 0.6) is 0 Å². The molecule has 0 aliphatic carbocycles. The highest BCUT2D eigenvalue weighted by Crippen LogP contribution is 2.41. The lowest BCUT2D eigenvalue weighted by molar-refractivity contribution is 0.943. The Hall–Kier alpha value is -5.16. The van der Waals surface area contributed by atoms with Crippen molar-refractivity contribution >= 4 is 10.9 Å². The Bertz CT molecular complexity index is 1830. The number of hydrogen-bond acceptors (Lipinski definition) is 2. The molecule has 1 N–H and O–H groups in total. The minimum atomic E-state index is 0.815. The molecule has 3 aromatic heterocycles. The van der Waals surface area contributed by atoms with Crippen molar-refractivity contribution in [1.29, 1.82) is 0 Å². The number of fused-ring (bicyclic) bond motifs is 1. The van der Waals surface area contributed by atoms with Crippen LogP contribution in [-0.2, 0) is 0 Å². The molecule has 0 saturated carbocycles. The minimum absolute atomic E-state index is 0.815. The van der Waals surface area contributed by atoms with E-state index in [2.05, 4.69) is 130 Å². The van der Waals surface area contributed by atoms with Crippen LogP contribution in [0.15, 0.2) is 122 Å². The summed E-state index contributed by atoms with van der Waals surface area (Å²) in [4.78, 5) is 13.4. The van der Waals surface area contributed by atoms with Gasteiger partial charge in [0.1, 0.15) is 18.0 Å². The lowest BCUT2D eigenvalue weighted by atomic mass is 10.0. The van der Waals surface area contributed by atoms with Crippen LogP contribution >= 0.6 is 0 Å². The van der Waals surface area contributed by atoms with Crippen LogP contribution in [0.1, 0.15) is 11.1 Å². The smallest absolute Gasteiger partial charge is 0.142 e. The maximum absolute atomic E-state index is 5.30. The fraction of sp³-hybridized carbons (Fsp3) is 0.0588. The van der Waals surface area contributed by atoms with E-state index >= 15 is 0 Å². The SMILES string of the molecule is Cc1ccc(-c2nc(-c3c(-n4ccnc4)n(-c4ccccc4)c4ccccc34)[nH]c2-c2ccc(C)cc2)cc1. The Labute approximate surface area is 227 Å². The van der Waals surface area contributed by atoms with Gasteiger partial charge in [0.2, 0.25) is 0 Å². The predicted molar refractivity (Wildman–Crippen MR) is 158 cm³/mol. The summed E-state index contributed by atoms with van der Waals surface area (Å²) in [5, 5.41) is 1.12. The van der Waals surface area contributed by atoms with Gasteiger partial charge in [0, 0.05) is 34.6 Å². The van der Waals surface area contributed by atoms with Gasteiger partial charge in [0.05, 0.1) is 22.5 Å². The summed E-state index contributed by atoms with van der Waals surface area (Å²) < 4.78 is 4.36. The van der Waals surface area contributed by atoms with Crippen molar-refractivity contribution in [2.45, 2.75) is 13.8 Å².